The van der Waals surface area contributed by atoms with Gasteiger partial charge in [0.25, 0.3) is 0 Å². The Kier molecular flexibility index (Phi) is 4.70. The molecule has 2 N–H and O–H groups in total. The molecule has 2 aromatic carbocycles. The molecule has 10 heteroatoms. The maximum atomic E-state index is 13.8. The first-order valence-electron chi connectivity index (χ1n) is 10.6. The lowest BCUT2D eigenvalue weighted by atomic mass is 10.1. The van der Waals surface area contributed by atoms with Crippen LogP contribution in [-0.4, -0.2) is 51.0 Å². The molecule has 8 nitrogen and oxygen atoms in total. The molecule has 5 aromatic rings. The number of benzene rings is 2. The van der Waals surface area contributed by atoms with Crippen LogP contribution in [0, 0.1) is 12.7 Å². The number of aromatic nitrogens is 5. The smallest absolute Gasteiger partial charge is 0.203 e. The molecular weight excluding hydrogens is 441 g/mol. The maximum Gasteiger partial charge on any atom is 0.203 e. The van der Waals surface area contributed by atoms with E-state index in [0.717, 1.165) is 57.3 Å². The Morgan fingerprint density at radius 3 is 2.73 bits per heavy atom. The van der Waals surface area contributed by atoms with Crippen LogP contribution < -0.4 is 10.6 Å². The lowest BCUT2D eigenvalue weighted by Gasteiger charge is -2.29. The third-order valence-corrected chi connectivity index (χ3v) is 6.67. The van der Waals surface area contributed by atoms with Gasteiger partial charge in [0.1, 0.15) is 11.6 Å². The molecule has 0 atom stereocenters. The van der Waals surface area contributed by atoms with Crippen molar-refractivity contribution in [1.82, 2.24) is 24.7 Å². The molecule has 0 saturated carbocycles. The molecule has 0 amide bonds. The van der Waals surface area contributed by atoms with E-state index in [9.17, 15) is 4.39 Å². The summed E-state index contributed by atoms with van der Waals surface area (Å²) in [5.74, 6) is 0.491. The average Bonchev–Trinajstić information content (AvgIpc) is 3.40. The first-order chi connectivity index (χ1) is 16.1. The molecule has 166 valence electrons. The highest BCUT2D eigenvalue weighted by molar-refractivity contribution is 7.18. The minimum Gasteiger partial charge on any atom is -0.378 e. The molecule has 1 aliphatic rings. The number of anilines is 2. The Balaban J connectivity index is 1.65. The van der Waals surface area contributed by atoms with Gasteiger partial charge in [0, 0.05) is 42.0 Å². The maximum absolute atomic E-state index is 13.8. The van der Waals surface area contributed by atoms with Gasteiger partial charge in [-0.05, 0) is 37.3 Å². The largest absolute Gasteiger partial charge is 0.378 e. The fourth-order valence-electron chi connectivity index (χ4n) is 4.39. The first-order valence-corrected chi connectivity index (χ1v) is 11.4. The quantitative estimate of drug-likeness (QED) is 0.435. The Morgan fingerprint density at radius 2 is 1.94 bits per heavy atom. The van der Waals surface area contributed by atoms with E-state index in [1.165, 1.54) is 23.5 Å². The molecule has 6 rings (SSSR count). The van der Waals surface area contributed by atoms with Crippen molar-refractivity contribution in [3.8, 4) is 16.3 Å². The number of nitrogens with zero attached hydrogens (tertiary/aromatic N) is 6. The predicted octanol–water partition coefficient (Wildman–Crippen LogP) is 3.96. The summed E-state index contributed by atoms with van der Waals surface area (Å²) in [7, 11) is 0. The number of morpholine rings is 1. The van der Waals surface area contributed by atoms with Crippen molar-refractivity contribution in [1.29, 1.82) is 0 Å². The number of rotatable bonds is 3. The van der Waals surface area contributed by atoms with Crippen LogP contribution in [0.3, 0.4) is 0 Å². The summed E-state index contributed by atoms with van der Waals surface area (Å²) in [5, 5.41) is 10.3. The molecule has 0 aliphatic carbocycles. The van der Waals surface area contributed by atoms with Crippen LogP contribution in [0.5, 0.6) is 0 Å². The van der Waals surface area contributed by atoms with Gasteiger partial charge < -0.3 is 15.4 Å². The van der Waals surface area contributed by atoms with Crippen LogP contribution in [0.2, 0.25) is 0 Å². The number of nitrogens with two attached hydrogens (primary N) is 1. The number of nitrogen functional groups attached to an aromatic ring is 1. The summed E-state index contributed by atoms with van der Waals surface area (Å²) in [6.45, 7) is 4.92. The van der Waals surface area contributed by atoms with Gasteiger partial charge in [-0.1, -0.05) is 11.3 Å². The monoisotopic (exact) mass is 461 g/mol. The lowest BCUT2D eigenvalue weighted by Crippen LogP contribution is -2.36. The van der Waals surface area contributed by atoms with Crippen molar-refractivity contribution in [2.75, 3.05) is 36.9 Å². The average molecular weight is 462 g/mol. The number of imidazole rings is 1. The molecule has 3 aromatic heterocycles. The van der Waals surface area contributed by atoms with E-state index < -0.39 is 0 Å². The van der Waals surface area contributed by atoms with Gasteiger partial charge >= 0.3 is 0 Å². The standard InChI is InChI=1S/C23H20FN7OS/c1-13-27-21-17(22-28-29-23(25)33-22)11-15(30-6-8-32-9-7-30)12-20(21)31(13)19-4-5-26-18-10-14(24)2-3-16(18)19/h2-5,10-12H,6-9H2,1H3,(H2,25,29). The van der Waals surface area contributed by atoms with Crippen LogP contribution in [0.1, 0.15) is 5.82 Å². The molecule has 4 heterocycles. The second-order valence-corrected chi connectivity index (χ2v) is 8.90. The number of hydrogen-bond acceptors (Lipinski definition) is 8. The highest BCUT2D eigenvalue weighted by Crippen LogP contribution is 2.37. The van der Waals surface area contributed by atoms with Gasteiger partial charge in [-0.25, -0.2) is 9.37 Å². The van der Waals surface area contributed by atoms with Crippen molar-refractivity contribution in [3.05, 3.63) is 54.2 Å². The van der Waals surface area contributed by atoms with E-state index in [-0.39, 0.29) is 5.82 Å². The Hall–Kier alpha value is -3.63. The third-order valence-electron chi connectivity index (χ3n) is 5.88. The number of ether oxygens (including phenoxy) is 1. The van der Waals surface area contributed by atoms with E-state index in [1.807, 2.05) is 13.0 Å². The summed E-state index contributed by atoms with van der Waals surface area (Å²) in [6.07, 6.45) is 1.70. The second kappa shape index (κ2) is 7.75. The van der Waals surface area contributed by atoms with Crippen LogP contribution >= 0.6 is 11.3 Å². The molecule has 0 unspecified atom stereocenters. The van der Waals surface area contributed by atoms with Crippen molar-refractivity contribution in [2.45, 2.75) is 6.92 Å². The fourth-order valence-corrected chi connectivity index (χ4v) is 5.02. The minimum absolute atomic E-state index is 0.315. The van der Waals surface area contributed by atoms with Crippen LogP contribution in [-0.2, 0) is 4.74 Å². The van der Waals surface area contributed by atoms with Gasteiger partial charge in [0.15, 0.2) is 5.01 Å². The topological polar surface area (TPSA) is 95.0 Å². The van der Waals surface area contributed by atoms with E-state index in [1.54, 1.807) is 12.3 Å². The van der Waals surface area contributed by atoms with Crippen LogP contribution in [0.15, 0.2) is 42.6 Å². The van der Waals surface area contributed by atoms with Crippen molar-refractivity contribution in [3.63, 3.8) is 0 Å². The molecule has 0 spiro atoms. The summed E-state index contributed by atoms with van der Waals surface area (Å²) in [5.41, 5.74) is 11.1. The zero-order chi connectivity index (χ0) is 22.5. The van der Waals surface area contributed by atoms with E-state index in [0.29, 0.717) is 23.9 Å². The summed E-state index contributed by atoms with van der Waals surface area (Å²) in [4.78, 5) is 11.6. The Bertz CT molecular complexity index is 1510. The highest BCUT2D eigenvalue weighted by atomic mass is 32.1. The molecular formula is C23H20FN7OS. The molecule has 0 bridgehead atoms. The van der Waals surface area contributed by atoms with Gasteiger partial charge in [-0.2, -0.15) is 0 Å². The first kappa shape index (κ1) is 20.0. The molecule has 1 aliphatic heterocycles. The number of aryl methyl sites for hydroxylation is 1. The predicted molar refractivity (Wildman–Crippen MR) is 127 cm³/mol. The SMILES string of the molecule is Cc1nc2c(-c3nnc(N)s3)cc(N3CCOCC3)cc2n1-c1ccnc2cc(F)ccc12. The van der Waals surface area contributed by atoms with Gasteiger partial charge in [0.05, 0.1) is 35.5 Å². The number of pyridine rings is 1. The molecule has 0 radical (unpaired) electrons. The summed E-state index contributed by atoms with van der Waals surface area (Å²) in [6, 6.07) is 10.8. The van der Waals surface area contributed by atoms with Crippen LogP contribution in [0.4, 0.5) is 15.2 Å². The van der Waals surface area contributed by atoms with E-state index in [4.69, 9.17) is 15.5 Å². The summed E-state index contributed by atoms with van der Waals surface area (Å²) < 4.78 is 21.5. The Morgan fingerprint density at radius 1 is 1.09 bits per heavy atom. The van der Waals surface area contributed by atoms with Crippen LogP contribution in [0.25, 0.3) is 38.2 Å². The zero-order valence-electron chi connectivity index (χ0n) is 17.8. The van der Waals surface area contributed by atoms with Gasteiger partial charge in [0.2, 0.25) is 5.13 Å². The number of fused-ring (bicyclic) bond motifs is 2. The normalized spacial score (nSPS) is 14.4. The van der Waals surface area contributed by atoms with Gasteiger partial charge in [-0.15, -0.1) is 10.2 Å². The van der Waals surface area contributed by atoms with E-state index >= 15 is 0 Å². The second-order valence-electron chi connectivity index (χ2n) is 7.89. The lowest BCUT2D eigenvalue weighted by molar-refractivity contribution is 0.122. The molecule has 1 fully saturated rings. The number of hydrogen-bond donors (Lipinski definition) is 1. The van der Waals surface area contributed by atoms with Crippen molar-refractivity contribution < 1.29 is 9.13 Å². The minimum atomic E-state index is -0.315. The molecule has 1 saturated heterocycles. The van der Waals surface area contributed by atoms with E-state index in [2.05, 4.69) is 36.8 Å². The third kappa shape index (κ3) is 3.38. The summed E-state index contributed by atoms with van der Waals surface area (Å²) >= 11 is 1.34. The van der Waals surface area contributed by atoms with Crippen molar-refractivity contribution >= 4 is 44.1 Å². The van der Waals surface area contributed by atoms with Crippen molar-refractivity contribution in [2.24, 2.45) is 0 Å². The molecule has 33 heavy (non-hydrogen) atoms. The number of halogens is 1. The van der Waals surface area contributed by atoms with Gasteiger partial charge in [-0.3, -0.25) is 9.55 Å². The zero-order valence-corrected chi connectivity index (χ0v) is 18.6. The highest BCUT2D eigenvalue weighted by Gasteiger charge is 2.21. The fraction of sp³-hybridized carbons (Fsp3) is 0.217. The Labute approximate surface area is 192 Å².